The molecule has 1 aromatic heterocycles. The Kier molecular flexibility index (Phi) is 1.65. The van der Waals surface area contributed by atoms with E-state index >= 15 is 0 Å². The van der Waals surface area contributed by atoms with Crippen LogP contribution in [0.15, 0.2) is 6.20 Å². The molecule has 0 spiro atoms. The maximum Gasteiger partial charge on any atom is 0.221 e. The van der Waals surface area contributed by atoms with Crippen molar-refractivity contribution in [1.29, 1.82) is 0 Å². The summed E-state index contributed by atoms with van der Waals surface area (Å²) >= 11 is 0. The number of anilines is 2. The van der Waals surface area contributed by atoms with Gasteiger partial charge in [-0.05, 0) is 26.7 Å². The standard InChI is InChI=1S/C9H14N4/c1-6-5-11-8(10)12-7(6)13-9(2)3-4-9/h5H,3-4H2,1-2H3,(H3,10,11,12,13). The second-order valence-corrected chi connectivity index (χ2v) is 3.95. The molecule has 0 aliphatic heterocycles. The van der Waals surface area contributed by atoms with Gasteiger partial charge in [-0.1, -0.05) is 0 Å². The van der Waals surface area contributed by atoms with E-state index in [9.17, 15) is 0 Å². The van der Waals surface area contributed by atoms with Gasteiger partial charge < -0.3 is 11.1 Å². The van der Waals surface area contributed by atoms with Crippen LogP contribution in [-0.2, 0) is 0 Å². The summed E-state index contributed by atoms with van der Waals surface area (Å²) in [6, 6.07) is 0. The molecular formula is C9H14N4. The van der Waals surface area contributed by atoms with Gasteiger partial charge in [0.05, 0.1) is 0 Å². The highest BCUT2D eigenvalue weighted by Crippen LogP contribution is 2.38. The fraction of sp³-hybridized carbons (Fsp3) is 0.556. The molecule has 1 heterocycles. The molecule has 4 nitrogen and oxygen atoms in total. The van der Waals surface area contributed by atoms with Crippen LogP contribution in [0, 0.1) is 6.92 Å². The summed E-state index contributed by atoms with van der Waals surface area (Å²) in [5.74, 6) is 1.20. The number of nitrogens with one attached hydrogen (secondary N) is 1. The van der Waals surface area contributed by atoms with Crippen LogP contribution in [0.2, 0.25) is 0 Å². The van der Waals surface area contributed by atoms with Crippen molar-refractivity contribution < 1.29 is 0 Å². The van der Waals surface area contributed by atoms with Gasteiger partial charge in [-0.2, -0.15) is 4.98 Å². The van der Waals surface area contributed by atoms with E-state index in [0.717, 1.165) is 11.4 Å². The lowest BCUT2D eigenvalue weighted by molar-refractivity contribution is 0.817. The van der Waals surface area contributed by atoms with E-state index in [1.165, 1.54) is 12.8 Å². The first kappa shape index (κ1) is 8.29. The molecule has 13 heavy (non-hydrogen) atoms. The number of aromatic nitrogens is 2. The number of rotatable bonds is 2. The molecule has 0 atom stereocenters. The molecule has 1 saturated carbocycles. The number of nitrogen functional groups attached to an aromatic ring is 1. The minimum atomic E-state index is 0.242. The summed E-state index contributed by atoms with van der Waals surface area (Å²) in [6.07, 6.45) is 4.16. The van der Waals surface area contributed by atoms with Crippen molar-refractivity contribution in [2.75, 3.05) is 11.1 Å². The van der Waals surface area contributed by atoms with Crippen LogP contribution in [0.25, 0.3) is 0 Å². The number of nitrogens with zero attached hydrogens (tertiary/aromatic N) is 2. The minimum Gasteiger partial charge on any atom is -0.368 e. The Morgan fingerprint density at radius 1 is 1.54 bits per heavy atom. The van der Waals surface area contributed by atoms with Crippen molar-refractivity contribution >= 4 is 11.8 Å². The molecule has 3 N–H and O–H groups in total. The van der Waals surface area contributed by atoms with E-state index in [1.807, 2.05) is 6.92 Å². The van der Waals surface area contributed by atoms with Crippen molar-refractivity contribution in [3.05, 3.63) is 11.8 Å². The third-order valence-electron chi connectivity index (χ3n) is 2.41. The summed E-state index contributed by atoms with van der Waals surface area (Å²) in [7, 11) is 0. The predicted molar refractivity (Wildman–Crippen MR) is 52.4 cm³/mol. The molecule has 1 fully saturated rings. The van der Waals surface area contributed by atoms with E-state index < -0.39 is 0 Å². The highest BCUT2D eigenvalue weighted by atomic mass is 15.1. The predicted octanol–water partition coefficient (Wildman–Crippen LogP) is 1.33. The van der Waals surface area contributed by atoms with Crippen LogP contribution < -0.4 is 11.1 Å². The number of hydrogen-bond acceptors (Lipinski definition) is 4. The molecule has 0 bridgehead atoms. The molecule has 0 radical (unpaired) electrons. The molecule has 0 amide bonds. The van der Waals surface area contributed by atoms with Gasteiger partial charge in [-0.3, -0.25) is 0 Å². The Labute approximate surface area is 77.6 Å². The molecule has 1 aromatic rings. The Morgan fingerprint density at radius 3 is 2.85 bits per heavy atom. The Hall–Kier alpha value is -1.32. The van der Waals surface area contributed by atoms with E-state index in [0.29, 0.717) is 5.95 Å². The fourth-order valence-corrected chi connectivity index (χ4v) is 1.18. The SMILES string of the molecule is Cc1cnc(N)nc1NC1(C)CC1. The van der Waals surface area contributed by atoms with E-state index in [4.69, 9.17) is 5.73 Å². The second kappa shape index (κ2) is 2.58. The second-order valence-electron chi connectivity index (χ2n) is 3.95. The van der Waals surface area contributed by atoms with Crippen LogP contribution >= 0.6 is 0 Å². The highest BCUT2D eigenvalue weighted by molar-refractivity contribution is 5.48. The first-order valence-electron chi connectivity index (χ1n) is 4.46. The van der Waals surface area contributed by atoms with E-state index in [1.54, 1.807) is 6.20 Å². The van der Waals surface area contributed by atoms with Crippen LogP contribution in [-0.4, -0.2) is 15.5 Å². The summed E-state index contributed by atoms with van der Waals surface area (Å²) in [4.78, 5) is 8.07. The lowest BCUT2D eigenvalue weighted by Crippen LogP contribution is -2.18. The maximum absolute atomic E-state index is 5.50. The molecule has 0 aromatic carbocycles. The lowest BCUT2D eigenvalue weighted by Gasteiger charge is -2.13. The van der Waals surface area contributed by atoms with Crippen LogP contribution in [0.1, 0.15) is 25.3 Å². The Balaban J connectivity index is 2.23. The van der Waals surface area contributed by atoms with Crippen molar-refractivity contribution in [2.45, 2.75) is 32.2 Å². The number of aryl methyl sites for hydroxylation is 1. The Bertz CT molecular complexity index is 330. The van der Waals surface area contributed by atoms with Crippen molar-refractivity contribution in [3.8, 4) is 0 Å². The largest absolute Gasteiger partial charge is 0.368 e. The quantitative estimate of drug-likeness (QED) is 0.717. The zero-order valence-corrected chi connectivity index (χ0v) is 7.96. The molecular weight excluding hydrogens is 164 g/mol. The topological polar surface area (TPSA) is 63.8 Å². The third kappa shape index (κ3) is 1.71. The van der Waals surface area contributed by atoms with Gasteiger partial charge in [0.1, 0.15) is 5.82 Å². The van der Waals surface area contributed by atoms with Gasteiger partial charge in [0.2, 0.25) is 5.95 Å². The lowest BCUT2D eigenvalue weighted by atomic mass is 10.3. The maximum atomic E-state index is 5.50. The molecule has 70 valence electrons. The van der Waals surface area contributed by atoms with Gasteiger partial charge in [0.15, 0.2) is 0 Å². The zero-order valence-electron chi connectivity index (χ0n) is 7.96. The van der Waals surface area contributed by atoms with Crippen LogP contribution in [0.3, 0.4) is 0 Å². The molecule has 2 rings (SSSR count). The van der Waals surface area contributed by atoms with E-state index in [-0.39, 0.29) is 5.54 Å². The minimum absolute atomic E-state index is 0.242. The molecule has 0 unspecified atom stereocenters. The van der Waals surface area contributed by atoms with Gasteiger partial charge in [-0.25, -0.2) is 4.98 Å². The molecule has 1 aliphatic rings. The molecule has 1 aliphatic carbocycles. The number of nitrogens with two attached hydrogens (primary N) is 1. The monoisotopic (exact) mass is 178 g/mol. The van der Waals surface area contributed by atoms with Crippen molar-refractivity contribution in [1.82, 2.24) is 9.97 Å². The fourth-order valence-electron chi connectivity index (χ4n) is 1.18. The van der Waals surface area contributed by atoms with Gasteiger partial charge in [0, 0.05) is 17.3 Å². The van der Waals surface area contributed by atoms with Crippen molar-refractivity contribution in [2.24, 2.45) is 0 Å². The zero-order chi connectivity index (χ0) is 9.47. The van der Waals surface area contributed by atoms with Crippen LogP contribution in [0.4, 0.5) is 11.8 Å². The summed E-state index contributed by atoms with van der Waals surface area (Å²) < 4.78 is 0. The first-order chi connectivity index (χ1) is 6.09. The third-order valence-corrected chi connectivity index (χ3v) is 2.41. The summed E-state index contributed by atoms with van der Waals surface area (Å²) in [6.45, 7) is 4.16. The average molecular weight is 178 g/mol. The normalized spacial score (nSPS) is 18.3. The van der Waals surface area contributed by atoms with Crippen molar-refractivity contribution in [3.63, 3.8) is 0 Å². The van der Waals surface area contributed by atoms with Gasteiger partial charge in [-0.15, -0.1) is 0 Å². The van der Waals surface area contributed by atoms with E-state index in [2.05, 4.69) is 22.2 Å². The molecule has 0 saturated heterocycles. The summed E-state index contributed by atoms with van der Waals surface area (Å²) in [5.41, 5.74) is 6.79. The highest BCUT2D eigenvalue weighted by Gasteiger charge is 2.37. The number of hydrogen-bond donors (Lipinski definition) is 2. The van der Waals surface area contributed by atoms with Gasteiger partial charge >= 0.3 is 0 Å². The van der Waals surface area contributed by atoms with Gasteiger partial charge in [0.25, 0.3) is 0 Å². The smallest absolute Gasteiger partial charge is 0.221 e. The van der Waals surface area contributed by atoms with Crippen LogP contribution in [0.5, 0.6) is 0 Å². The first-order valence-corrected chi connectivity index (χ1v) is 4.46. The average Bonchev–Trinajstić information content (AvgIpc) is 2.76. The Morgan fingerprint density at radius 2 is 2.23 bits per heavy atom. The molecule has 4 heteroatoms. The summed E-state index contributed by atoms with van der Waals surface area (Å²) in [5, 5.41) is 3.37.